The van der Waals surface area contributed by atoms with Crippen LogP contribution in [0, 0.1) is 5.92 Å². The van der Waals surface area contributed by atoms with Gasteiger partial charge in [0, 0.05) is 12.7 Å². The van der Waals surface area contributed by atoms with Crippen LogP contribution in [0.4, 0.5) is 0 Å². The summed E-state index contributed by atoms with van der Waals surface area (Å²) in [6.07, 6.45) is 13.2. The van der Waals surface area contributed by atoms with Crippen molar-refractivity contribution in [3.63, 3.8) is 0 Å². The number of hydrogen-bond donors (Lipinski definition) is 1. The summed E-state index contributed by atoms with van der Waals surface area (Å²) in [5.74, 6) is 1.84. The Morgan fingerprint density at radius 1 is 0.905 bits per heavy atom. The van der Waals surface area contributed by atoms with E-state index in [0.29, 0.717) is 18.8 Å². The standard InChI is InChI=1S/C38H46O4/c1-4-7-9-28-11-13-30(14-12-28)31-15-17-32(18-16-31)36-22-21-34(26-29(36)5-2)35-20-19-33(10-8-23-39)37(27-35)41-24-25-42-38(40)6-3/h4,6,15-22,26-28,30,39H,1,3,5,7-14,23-25H2,2H3. The Balaban J connectivity index is 1.48. The molecule has 0 bridgehead atoms. The van der Waals surface area contributed by atoms with Crippen molar-refractivity contribution in [1.29, 1.82) is 0 Å². The van der Waals surface area contributed by atoms with E-state index in [9.17, 15) is 9.90 Å². The molecule has 1 aliphatic rings. The summed E-state index contributed by atoms with van der Waals surface area (Å²) in [4.78, 5) is 11.4. The lowest BCUT2D eigenvalue weighted by Gasteiger charge is -2.28. The van der Waals surface area contributed by atoms with Crippen molar-refractivity contribution >= 4 is 5.97 Å². The van der Waals surface area contributed by atoms with Crippen LogP contribution in [0.3, 0.4) is 0 Å². The van der Waals surface area contributed by atoms with Crippen molar-refractivity contribution in [3.05, 3.63) is 103 Å². The molecule has 3 aromatic rings. The molecule has 4 nitrogen and oxygen atoms in total. The molecule has 4 rings (SSSR count). The minimum atomic E-state index is -0.461. The van der Waals surface area contributed by atoms with Crippen molar-refractivity contribution in [2.75, 3.05) is 19.8 Å². The fourth-order valence-electron chi connectivity index (χ4n) is 6.12. The zero-order chi connectivity index (χ0) is 29.7. The van der Waals surface area contributed by atoms with Gasteiger partial charge < -0.3 is 14.6 Å². The van der Waals surface area contributed by atoms with Gasteiger partial charge >= 0.3 is 5.97 Å². The second-order valence-corrected chi connectivity index (χ2v) is 11.3. The minimum Gasteiger partial charge on any atom is -0.490 e. The summed E-state index contributed by atoms with van der Waals surface area (Å²) >= 11 is 0. The van der Waals surface area contributed by atoms with E-state index in [0.717, 1.165) is 47.3 Å². The monoisotopic (exact) mass is 566 g/mol. The Morgan fingerprint density at radius 3 is 2.31 bits per heavy atom. The Kier molecular flexibility index (Phi) is 12.0. The van der Waals surface area contributed by atoms with Gasteiger partial charge in [-0.05, 0) is 115 Å². The molecular weight excluding hydrogens is 520 g/mol. The van der Waals surface area contributed by atoms with Crippen LogP contribution in [0.25, 0.3) is 22.3 Å². The van der Waals surface area contributed by atoms with Gasteiger partial charge in [-0.1, -0.05) is 74.2 Å². The summed E-state index contributed by atoms with van der Waals surface area (Å²) in [5.41, 5.74) is 8.56. The first kappa shape index (κ1) is 31.3. The normalized spacial score (nSPS) is 16.5. The van der Waals surface area contributed by atoms with Crippen LogP contribution in [-0.4, -0.2) is 30.9 Å². The van der Waals surface area contributed by atoms with Gasteiger partial charge in [-0.25, -0.2) is 4.79 Å². The molecule has 0 unspecified atom stereocenters. The predicted molar refractivity (Wildman–Crippen MR) is 173 cm³/mol. The molecule has 1 aliphatic carbocycles. The smallest absolute Gasteiger partial charge is 0.330 e. The number of ether oxygens (including phenoxy) is 2. The average Bonchev–Trinajstić information content (AvgIpc) is 3.04. The van der Waals surface area contributed by atoms with Crippen molar-refractivity contribution in [2.24, 2.45) is 5.92 Å². The van der Waals surface area contributed by atoms with Crippen molar-refractivity contribution in [2.45, 2.75) is 70.6 Å². The average molecular weight is 567 g/mol. The topological polar surface area (TPSA) is 55.8 Å². The van der Waals surface area contributed by atoms with E-state index in [1.807, 2.05) is 0 Å². The Morgan fingerprint density at radius 2 is 1.62 bits per heavy atom. The highest BCUT2D eigenvalue weighted by atomic mass is 16.6. The summed E-state index contributed by atoms with van der Waals surface area (Å²) < 4.78 is 11.1. The highest BCUT2D eigenvalue weighted by Gasteiger charge is 2.22. The number of allylic oxidation sites excluding steroid dienone is 1. The molecule has 1 saturated carbocycles. The molecule has 0 aromatic heterocycles. The Labute approximate surface area is 252 Å². The Bertz CT molecular complexity index is 1320. The van der Waals surface area contributed by atoms with Crippen LogP contribution in [0.2, 0.25) is 0 Å². The summed E-state index contributed by atoms with van der Waals surface area (Å²) in [7, 11) is 0. The summed E-state index contributed by atoms with van der Waals surface area (Å²) in [5, 5.41) is 9.34. The van der Waals surface area contributed by atoms with Gasteiger partial charge in [-0.3, -0.25) is 0 Å². The van der Waals surface area contributed by atoms with Gasteiger partial charge in [0.25, 0.3) is 0 Å². The highest BCUT2D eigenvalue weighted by molar-refractivity contribution is 5.81. The van der Waals surface area contributed by atoms with Crippen molar-refractivity contribution in [3.8, 4) is 28.0 Å². The predicted octanol–water partition coefficient (Wildman–Crippen LogP) is 8.86. The van der Waals surface area contributed by atoms with Gasteiger partial charge in [-0.2, -0.15) is 0 Å². The minimum absolute atomic E-state index is 0.123. The molecule has 4 heteroatoms. The zero-order valence-corrected chi connectivity index (χ0v) is 25.2. The number of aliphatic hydroxyl groups excluding tert-OH is 1. The third-order valence-corrected chi connectivity index (χ3v) is 8.56. The number of carbonyl (C=O) groups excluding carboxylic acids is 1. The van der Waals surface area contributed by atoms with Crippen LogP contribution in [0.15, 0.2) is 86.0 Å². The summed E-state index contributed by atoms with van der Waals surface area (Å²) in [6.45, 7) is 10.0. The molecule has 3 aromatic carbocycles. The SMILES string of the molecule is C=CCCC1CCC(c2ccc(-c3ccc(-c4ccc(CCCO)c(OCCOC(=O)C=C)c4)cc3CC)cc2)CC1. The molecule has 1 N–H and O–H groups in total. The van der Waals surface area contributed by atoms with Gasteiger partial charge in [0.2, 0.25) is 0 Å². The molecule has 0 spiro atoms. The lowest BCUT2D eigenvalue weighted by atomic mass is 9.77. The van der Waals surface area contributed by atoms with Crippen LogP contribution < -0.4 is 4.74 Å². The van der Waals surface area contributed by atoms with Gasteiger partial charge in [0.15, 0.2) is 0 Å². The highest BCUT2D eigenvalue weighted by Crippen LogP contribution is 2.39. The third kappa shape index (κ3) is 8.45. The molecule has 1 fully saturated rings. The number of aryl methyl sites for hydroxylation is 2. The lowest BCUT2D eigenvalue weighted by Crippen LogP contribution is -2.13. The van der Waals surface area contributed by atoms with E-state index in [4.69, 9.17) is 9.47 Å². The molecule has 0 atom stereocenters. The molecule has 0 heterocycles. The number of hydrogen-bond acceptors (Lipinski definition) is 4. The van der Waals surface area contributed by atoms with E-state index in [1.54, 1.807) is 0 Å². The number of esters is 1. The molecule has 0 aliphatic heterocycles. The maximum absolute atomic E-state index is 11.4. The fourth-order valence-corrected chi connectivity index (χ4v) is 6.12. The van der Waals surface area contributed by atoms with Crippen molar-refractivity contribution in [1.82, 2.24) is 0 Å². The number of rotatable bonds is 15. The number of carbonyl (C=O) groups is 1. The molecule has 0 saturated heterocycles. The van der Waals surface area contributed by atoms with Crippen LogP contribution in [0.1, 0.15) is 74.5 Å². The number of benzene rings is 3. The second kappa shape index (κ2) is 16.1. The first-order chi connectivity index (χ1) is 20.6. The largest absolute Gasteiger partial charge is 0.490 e. The molecule has 0 radical (unpaired) electrons. The molecule has 222 valence electrons. The van der Waals surface area contributed by atoms with E-state index in [1.165, 1.54) is 54.4 Å². The molecular formula is C38H46O4. The lowest BCUT2D eigenvalue weighted by molar-refractivity contribution is -0.138. The second-order valence-electron chi connectivity index (χ2n) is 11.3. The maximum Gasteiger partial charge on any atom is 0.330 e. The van der Waals surface area contributed by atoms with Crippen LogP contribution >= 0.6 is 0 Å². The van der Waals surface area contributed by atoms with E-state index < -0.39 is 5.97 Å². The molecule has 42 heavy (non-hydrogen) atoms. The van der Waals surface area contributed by atoms with E-state index in [-0.39, 0.29) is 19.8 Å². The first-order valence-corrected chi connectivity index (χ1v) is 15.6. The van der Waals surface area contributed by atoms with Crippen LogP contribution in [-0.2, 0) is 22.4 Å². The van der Waals surface area contributed by atoms with Crippen LogP contribution in [0.5, 0.6) is 5.75 Å². The van der Waals surface area contributed by atoms with Gasteiger partial charge in [0.1, 0.15) is 19.0 Å². The zero-order valence-electron chi connectivity index (χ0n) is 25.2. The molecule has 0 amide bonds. The third-order valence-electron chi connectivity index (χ3n) is 8.56. The maximum atomic E-state index is 11.4. The quantitative estimate of drug-likeness (QED) is 0.0864. The first-order valence-electron chi connectivity index (χ1n) is 15.6. The van der Waals surface area contributed by atoms with Gasteiger partial charge in [0.05, 0.1) is 0 Å². The van der Waals surface area contributed by atoms with E-state index >= 15 is 0 Å². The fraction of sp³-hybridized carbons (Fsp3) is 0.395. The van der Waals surface area contributed by atoms with Crippen molar-refractivity contribution < 1.29 is 19.4 Å². The van der Waals surface area contributed by atoms with Gasteiger partial charge in [-0.15, -0.1) is 6.58 Å². The Hall–Kier alpha value is -3.63. The summed E-state index contributed by atoms with van der Waals surface area (Å²) in [6, 6.07) is 22.2. The van der Waals surface area contributed by atoms with E-state index in [2.05, 4.69) is 86.8 Å². The number of aliphatic hydroxyl groups is 1.